The van der Waals surface area contributed by atoms with E-state index in [2.05, 4.69) is 5.32 Å². The van der Waals surface area contributed by atoms with E-state index in [4.69, 9.17) is 0 Å². The minimum Gasteiger partial charge on any atom is -0.348 e. The molecular weight excluding hydrogens is 376 g/mol. The van der Waals surface area contributed by atoms with E-state index in [0.717, 1.165) is 27.3 Å². The number of amides is 1. The SMILES string of the molecule is CC(=O)c1cccc(N(CC(=O)N[C@H](C)c2ccc(C)cc2C)S(C)(=O)=O)c1. The van der Waals surface area contributed by atoms with Crippen LogP contribution < -0.4 is 9.62 Å². The molecule has 0 aliphatic carbocycles. The van der Waals surface area contributed by atoms with Crippen LogP contribution in [0.15, 0.2) is 42.5 Å². The van der Waals surface area contributed by atoms with E-state index in [1.165, 1.54) is 13.0 Å². The molecule has 150 valence electrons. The van der Waals surface area contributed by atoms with Gasteiger partial charge in [0.1, 0.15) is 6.54 Å². The Balaban J connectivity index is 2.22. The summed E-state index contributed by atoms with van der Waals surface area (Å²) in [6, 6.07) is 11.9. The lowest BCUT2D eigenvalue weighted by molar-refractivity contribution is -0.120. The highest BCUT2D eigenvalue weighted by atomic mass is 32.2. The highest BCUT2D eigenvalue weighted by molar-refractivity contribution is 7.92. The van der Waals surface area contributed by atoms with E-state index in [-0.39, 0.29) is 24.1 Å². The van der Waals surface area contributed by atoms with E-state index in [0.29, 0.717) is 5.56 Å². The maximum absolute atomic E-state index is 12.6. The first-order chi connectivity index (χ1) is 13.0. The van der Waals surface area contributed by atoms with Gasteiger partial charge in [0, 0.05) is 5.56 Å². The molecule has 0 heterocycles. The third-order valence-corrected chi connectivity index (χ3v) is 5.64. The summed E-state index contributed by atoms with van der Waals surface area (Å²) in [5, 5.41) is 2.85. The molecule has 1 amide bonds. The Morgan fingerprint density at radius 1 is 1.11 bits per heavy atom. The molecule has 7 heteroatoms. The van der Waals surface area contributed by atoms with Crippen LogP contribution in [0.5, 0.6) is 0 Å². The van der Waals surface area contributed by atoms with Crippen molar-refractivity contribution < 1.29 is 18.0 Å². The van der Waals surface area contributed by atoms with E-state index >= 15 is 0 Å². The number of aryl methyl sites for hydroxylation is 2. The molecule has 2 aromatic rings. The molecule has 0 bridgehead atoms. The van der Waals surface area contributed by atoms with Crippen LogP contribution in [0.3, 0.4) is 0 Å². The van der Waals surface area contributed by atoms with Gasteiger partial charge in [-0.2, -0.15) is 0 Å². The number of sulfonamides is 1. The van der Waals surface area contributed by atoms with Gasteiger partial charge >= 0.3 is 0 Å². The summed E-state index contributed by atoms with van der Waals surface area (Å²) in [7, 11) is -3.71. The topological polar surface area (TPSA) is 83.6 Å². The first-order valence-electron chi connectivity index (χ1n) is 8.94. The third-order valence-electron chi connectivity index (χ3n) is 4.50. The number of anilines is 1. The van der Waals surface area contributed by atoms with Crippen molar-refractivity contribution in [2.75, 3.05) is 17.1 Å². The van der Waals surface area contributed by atoms with Crippen LogP contribution in [0.1, 0.15) is 46.9 Å². The van der Waals surface area contributed by atoms with Crippen LogP contribution in [0, 0.1) is 13.8 Å². The smallest absolute Gasteiger partial charge is 0.241 e. The molecule has 0 radical (unpaired) electrons. The minimum absolute atomic E-state index is 0.178. The maximum Gasteiger partial charge on any atom is 0.241 e. The summed E-state index contributed by atoms with van der Waals surface area (Å²) in [5.41, 5.74) is 3.83. The zero-order chi connectivity index (χ0) is 21.1. The fourth-order valence-electron chi connectivity index (χ4n) is 3.09. The Hall–Kier alpha value is -2.67. The van der Waals surface area contributed by atoms with Gasteiger partial charge in [-0.05, 0) is 51.0 Å². The Labute approximate surface area is 166 Å². The fourth-order valence-corrected chi connectivity index (χ4v) is 3.94. The number of hydrogen-bond acceptors (Lipinski definition) is 4. The number of nitrogens with one attached hydrogen (secondary N) is 1. The molecule has 0 spiro atoms. The molecule has 0 aliphatic heterocycles. The van der Waals surface area contributed by atoms with Crippen molar-refractivity contribution >= 4 is 27.4 Å². The van der Waals surface area contributed by atoms with Gasteiger partial charge in [0.05, 0.1) is 18.0 Å². The zero-order valence-corrected chi connectivity index (χ0v) is 17.6. The number of Topliss-reactive ketones (excluding diaryl/α,β-unsaturated/α-hetero) is 1. The van der Waals surface area contributed by atoms with Gasteiger partial charge in [-0.15, -0.1) is 0 Å². The molecule has 0 fully saturated rings. The van der Waals surface area contributed by atoms with Crippen molar-refractivity contribution in [2.24, 2.45) is 0 Å². The fraction of sp³-hybridized carbons (Fsp3) is 0.333. The quantitative estimate of drug-likeness (QED) is 0.721. The summed E-state index contributed by atoms with van der Waals surface area (Å²) in [4.78, 5) is 24.2. The number of nitrogens with zero attached hydrogens (tertiary/aromatic N) is 1. The second-order valence-electron chi connectivity index (χ2n) is 7.03. The Bertz CT molecular complexity index is 999. The summed E-state index contributed by atoms with van der Waals surface area (Å²) >= 11 is 0. The molecule has 2 aromatic carbocycles. The minimum atomic E-state index is -3.71. The van der Waals surface area contributed by atoms with Crippen LogP contribution in [0.25, 0.3) is 0 Å². The lowest BCUT2D eigenvalue weighted by atomic mass is 10.0. The highest BCUT2D eigenvalue weighted by Crippen LogP contribution is 2.21. The number of rotatable bonds is 7. The highest BCUT2D eigenvalue weighted by Gasteiger charge is 2.22. The largest absolute Gasteiger partial charge is 0.348 e. The van der Waals surface area contributed by atoms with Gasteiger partial charge in [-0.3, -0.25) is 13.9 Å². The number of carbonyl (C=O) groups is 2. The lowest BCUT2D eigenvalue weighted by Gasteiger charge is -2.24. The monoisotopic (exact) mass is 402 g/mol. The van der Waals surface area contributed by atoms with Gasteiger partial charge in [-0.25, -0.2) is 8.42 Å². The summed E-state index contributed by atoms with van der Waals surface area (Å²) in [5.74, 6) is -0.602. The van der Waals surface area contributed by atoms with Gasteiger partial charge in [-0.1, -0.05) is 35.9 Å². The third kappa shape index (κ3) is 5.42. The van der Waals surface area contributed by atoms with Crippen molar-refractivity contribution in [1.29, 1.82) is 0 Å². The average molecular weight is 403 g/mol. The Morgan fingerprint density at radius 3 is 2.36 bits per heavy atom. The van der Waals surface area contributed by atoms with E-state index in [1.807, 2.05) is 39.0 Å². The van der Waals surface area contributed by atoms with Crippen LogP contribution in [0.4, 0.5) is 5.69 Å². The molecular formula is C21H26N2O4S. The van der Waals surface area contributed by atoms with E-state index < -0.39 is 15.9 Å². The van der Waals surface area contributed by atoms with Crippen LogP contribution in [-0.4, -0.2) is 32.9 Å². The van der Waals surface area contributed by atoms with Gasteiger partial charge in [0.25, 0.3) is 0 Å². The number of ketones is 1. The van der Waals surface area contributed by atoms with Crippen molar-refractivity contribution in [3.8, 4) is 0 Å². The molecule has 0 aromatic heterocycles. The molecule has 0 saturated carbocycles. The predicted octanol–water partition coefficient (Wildman–Crippen LogP) is 3.15. The normalized spacial score (nSPS) is 12.3. The van der Waals surface area contributed by atoms with Gasteiger partial charge in [0.2, 0.25) is 15.9 Å². The van der Waals surface area contributed by atoms with Crippen LogP contribution in [0.2, 0.25) is 0 Å². The molecule has 0 saturated heterocycles. The summed E-state index contributed by atoms with van der Waals surface area (Å²) < 4.78 is 25.5. The standard InChI is InChI=1S/C21H26N2O4S/c1-14-9-10-20(15(2)11-14)16(3)22-21(25)13-23(28(5,26)27)19-8-6-7-18(12-19)17(4)24/h6-12,16H,13H2,1-5H3,(H,22,25)/t16-/m1/s1. The molecule has 1 N–H and O–H groups in total. The van der Waals surface area contributed by atoms with Crippen molar-refractivity contribution in [1.82, 2.24) is 5.32 Å². The molecule has 2 rings (SSSR count). The number of benzene rings is 2. The first kappa shape index (κ1) is 21.6. The lowest BCUT2D eigenvalue weighted by Crippen LogP contribution is -2.41. The predicted molar refractivity (Wildman–Crippen MR) is 111 cm³/mol. The van der Waals surface area contributed by atoms with Crippen molar-refractivity contribution in [3.05, 3.63) is 64.7 Å². The van der Waals surface area contributed by atoms with Crippen molar-refractivity contribution in [3.63, 3.8) is 0 Å². The number of carbonyl (C=O) groups excluding carboxylic acids is 2. The second-order valence-corrected chi connectivity index (χ2v) is 8.93. The molecule has 0 unspecified atom stereocenters. The van der Waals surface area contributed by atoms with Crippen LogP contribution >= 0.6 is 0 Å². The maximum atomic E-state index is 12.6. The number of hydrogen-bond donors (Lipinski definition) is 1. The van der Waals surface area contributed by atoms with Crippen molar-refractivity contribution in [2.45, 2.75) is 33.7 Å². The zero-order valence-electron chi connectivity index (χ0n) is 16.8. The molecule has 6 nitrogen and oxygen atoms in total. The summed E-state index contributed by atoms with van der Waals surface area (Å²) in [6.07, 6.45) is 1.04. The molecule has 1 atom stereocenters. The van der Waals surface area contributed by atoms with Crippen LogP contribution in [-0.2, 0) is 14.8 Å². The Kier molecular flexibility index (Phi) is 6.61. The average Bonchev–Trinajstić information content (AvgIpc) is 2.58. The van der Waals surface area contributed by atoms with E-state index in [1.54, 1.807) is 18.2 Å². The first-order valence-corrected chi connectivity index (χ1v) is 10.8. The second kappa shape index (κ2) is 8.56. The van der Waals surface area contributed by atoms with Gasteiger partial charge in [0.15, 0.2) is 5.78 Å². The molecule has 28 heavy (non-hydrogen) atoms. The molecule has 0 aliphatic rings. The Morgan fingerprint density at radius 2 is 1.79 bits per heavy atom. The summed E-state index contributed by atoms with van der Waals surface area (Å²) in [6.45, 7) is 6.87. The van der Waals surface area contributed by atoms with Gasteiger partial charge < -0.3 is 5.32 Å². The van der Waals surface area contributed by atoms with E-state index in [9.17, 15) is 18.0 Å².